The van der Waals surface area contributed by atoms with Crippen molar-refractivity contribution < 1.29 is 33.3 Å². The Morgan fingerprint density at radius 1 is 0.843 bits per heavy atom. The van der Waals surface area contributed by atoms with E-state index in [1.165, 1.54) is 12.1 Å². The van der Waals surface area contributed by atoms with Crippen LogP contribution in [0.4, 0.5) is 4.39 Å². The lowest BCUT2D eigenvalue weighted by Gasteiger charge is -2.23. The first-order chi connectivity index (χ1) is 24.8. The topological polar surface area (TPSA) is 98.2 Å². The van der Waals surface area contributed by atoms with Gasteiger partial charge in [0.05, 0.1) is 25.3 Å². The number of nitrogens with zero attached hydrogens (tertiary/aromatic N) is 2. The molecule has 0 aliphatic carbocycles. The van der Waals surface area contributed by atoms with Crippen LogP contribution in [0.2, 0.25) is 0 Å². The molecule has 0 spiro atoms. The van der Waals surface area contributed by atoms with Crippen molar-refractivity contribution in [2.45, 2.75) is 26.0 Å². The smallest absolute Gasteiger partial charge is 0.336 e. The summed E-state index contributed by atoms with van der Waals surface area (Å²) in [6.07, 6.45) is 1.53. The van der Waals surface area contributed by atoms with Crippen LogP contribution in [-0.2, 0) is 13.0 Å². The minimum Gasteiger partial charge on any atom is -0.497 e. The number of fused-ring (bicyclic) bond motifs is 2. The van der Waals surface area contributed by atoms with Gasteiger partial charge in [0.1, 0.15) is 28.9 Å². The zero-order chi connectivity index (χ0) is 35.9. The van der Waals surface area contributed by atoms with E-state index in [9.17, 15) is 19.1 Å². The fourth-order valence-electron chi connectivity index (χ4n) is 6.21. The average Bonchev–Trinajstić information content (AvgIpc) is 3.50. The van der Waals surface area contributed by atoms with E-state index in [1.807, 2.05) is 91.9 Å². The number of aromatic nitrogens is 1. The summed E-state index contributed by atoms with van der Waals surface area (Å²) in [6.45, 7) is 2.45. The number of pyridine rings is 1. The highest BCUT2D eigenvalue weighted by molar-refractivity contribution is 6.14. The molecule has 7 rings (SSSR count). The molecule has 0 saturated carbocycles. The molecule has 0 bridgehead atoms. The van der Waals surface area contributed by atoms with E-state index in [0.717, 1.165) is 33.8 Å². The van der Waals surface area contributed by atoms with Gasteiger partial charge in [-0.3, -0.25) is 9.78 Å². The molecule has 1 aliphatic rings. The largest absolute Gasteiger partial charge is 0.497 e. The van der Waals surface area contributed by atoms with Crippen molar-refractivity contribution in [3.63, 3.8) is 0 Å². The van der Waals surface area contributed by atoms with E-state index in [0.29, 0.717) is 29.4 Å². The number of hydrogen-bond acceptors (Lipinski definition) is 6. The van der Waals surface area contributed by atoms with Crippen molar-refractivity contribution in [3.8, 4) is 17.2 Å². The summed E-state index contributed by atoms with van der Waals surface area (Å²) in [5.41, 5.74) is 4.42. The summed E-state index contributed by atoms with van der Waals surface area (Å²) in [5, 5.41) is 10.8. The van der Waals surface area contributed by atoms with E-state index in [1.54, 1.807) is 43.5 Å². The predicted molar refractivity (Wildman–Crippen MR) is 193 cm³/mol. The molecule has 0 saturated heterocycles. The van der Waals surface area contributed by atoms with Crippen LogP contribution in [0.25, 0.3) is 10.9 Å². The van der Waals surface area contributed by atoms with Crippen LogP contribution in [0.15, 0.2) is 121 Å². The molecular formula is C42H37FN2O6. The molecule has 2 heterocycles. The molecule has 0 atom stereocenters. The molecule has 51 heavy (non-hydrogen) atoms. The minimum absolute atomic E-state index is 0.0519. The Bertz CT molecular complexity index is 2100. The van der Waals surface area contributed by atoms with Crippen molar-refractivity contribution >= 4 is 22.8 Å². The molecular weight excluding hydrogens is 647 g/mol. The second-order valence-corrected chi connectivity index (χ2v) is 11.9. The Morgan fingerprint density at radius 3 is 2.00 bits per heavy atom. The summed E-state index contributed by atoms with van der Waals surface area (Å²) >= 11 is 0. The monoisotopic (exact) mass is 684 g/mol. The summed E-state index contributed by atoms with van der Waals surface area (Å²) in [4.78, 5) is 32.7. The zero-order valence-electron chi connectivity index (χ0n) is 28.5. The zero-order valence-corrected chi connectivity index (χ0v) is 28.5. The maximum atomic E-state index is 13.7. The number of methoxy groups -OCH3 is 2. The lowest BCUT2D eigenvalue weighted by molar-refractivity contribution is 0.0694. The first-order valence-corrected chi connectivity index (χ1v) is 16.5. The van der Waals surface area contributed by atoms with Crippen LogP contribution in [-0.4, -0.2) is 47.6 Å². The summed E-state index contributed by atoms with van der Waals surface area (Å²) in [5.74, 6) is 0.170. The van der Waals surface area contributed by atoms with Crippen LogP contribution in [0.5, 0.6) is 17.2 Å². The summed E-state index contributed by atoms with van der Waals surface area (Å²) in [6, 6.07) is 34.8. The number of carboxylic acids is 1. The van der Waals surface area contributed by atoms with Gasteiger partial charge < -0.3 is 24.2 Å². The molecule has 1 aromatic heterocycles. The van der Waals surface area contributed by atoms with Gasteiger partial charge in [-0.25, -0.2) is 9.18 Å². The third-order valence-corrected chi connectivity index (χ3v) is 8.74. The second-order valence-electron chi connectivity index (χ2n) is 11.9. The first-order valence-electron chi connectivity index (χ1n) is 16.5. The Balaban J connectivity index is 0.000000388. The number of aromatic carboxylic acids is 1. The second kappa shape index (κ2) is 15.6. The molecule has 0 fully saturated rings. The molecule has 9 heteroatoms. The van der Waals surface area contributed by atoms with Crippen molar-refractivity contribution in [1.29, 1.82) is 0 Å². The van der Waals surface area contributed by atoms with Gasteiger partial charge in [0.15, 0.2) is 5.75 Å². The maximum absolute atomic E-state index is 13.7. The van der Waals surface area contributed by atoms with Crippen molar-refractivity contribution in [3.05, 3.63) is 166 Å². The van der Waals surface area contributed by atoms with Crippen molar-refractivity contribution in [2.75, 3.05) is 20.8 Å². The lowest BCUT2D eigenvalue weighted by Crippen LogP contribution is -2.23. The molecule has 1 aliphatic heterocycles. The molecule has 1 N–H and O–H groups in total. The number of amides is 1. The van der Waals surface area contributed by atoms with Gasteiger partial charge in [0.25, 0.3) is 5.91 Å². The standard InChI is InChI=1S/C34H27FN2O4.C8H10O2/c1-2-37-20-27-28(34(39)40)26-18-22(17-21-13-15-25(35)16-14-21)19-36-30(26)32(29(27)33(37)38)41-31(23-9-5-3-6-10-23)24-11-7-4-8-12-24;1-9-7-4-3-5-8(6-7)10-2/h3-16,18-19,31H,2,17,20H2,1H3,(H,39,40);3-6H,1-2H3. The van der Waals surface area contributed by atoms with Crippen molar-refractivity contribution in [1.82, 2.24) is 9.88 Å². The quantitative estimate of drug-likeness (QED) is 0.155. The van der Waals surface area contributed by atoms with E-state index < -0.39 is 12.1 Å². The molecule has 258 valence electrons. The van der Waals surface area contributed by atoms with E-state index in [-0.39, 0.29) is 35.1 Å². The summed E-state index contributed by atoms with van der Waals surface area (Å²) < 4.78 is 30.2. The molecule has 8 nitrogen and oxygen atoms in total. The number of halogens is 1. The van der Waals surface area contributed by atoms with Gasteiger partial charge in [-0.2, -0.15) is 0 Å². The SMILES string of the molecule is CCN1Cc2c(c(OC(c3ccccc3)c3ccccc3)c3ncc(Cc4ccc(F)cc4)cc3c2C(=O)O)C1=O.COc1cccc(OC)c1. The van der Waals surface area contributed by atoms with E-state index in [4.69, 9.17) is 19.2 Å². The third kappa shape index (κ3) is 7.52. The number of ether oxygens (including phenoxy) is 3. The van der Waals surface area contributed by atoms with Gasteiger partial charge in [-0.05, 0) is 65.9 Å². The molecule has 0 unspecified atom stereocenters. The Hall–Kier alpha value is -6.22. The molecule has 6 aromatic rings. The highest BCUT2D eigenvalue weighted by Gasteiger charge is 2.38. The van der Waals surface area contributed by atoms with Gasteiger partial charge in [-0.15, -0.1) is 0 Å². The maximum Gasteiger partial charge on any atom is 0.336 e. The number of carboxylic acid groups (broad SMARTS) is 1. The number of rotatable bonds is 10. The Morgan fingerprint density at radius 2 is 1.45 bits per heavy atom. The van der Waals surface area contributed by atoms with Crippen molar-refractivity contribution in [2.24, 2.45) is 0 Å². The van der Waals surface area contributed by atoms with Crippen LogP contribution >= 0.6 is 0 Å². The average molecular weight is 685 g/mol. The highest BCUT2D eigenvalue weighted by Crippen LogP contribution is 2.43. The predicted octanol–water partition coefficient (Wildman–Crippen LogP) is 8.51. The Kier molecular flexibility index (Phi) is 10.6. The van der Waals surface area contributed by atoms with Gasteiger partial charge in [0.2, 0.25) is 0 Å². The fourth-order valence-corrected chi connectivity index (χ4v) is 6.21. The fraction of sp³-hybridized carbons (Fsp3) is 0.167. The number of carbonyl (C=O) groups excluding carboxylic acids is 1. The Labute approximate surface area is 295 Å². The number of carbonyl (C=O) groups is 2. The van der Waals surface area contributed by atoms with Gasteiger partial charge in [-0.1, -0.05) is 78.9 Å². The lowest BCUT2D eigenvalue weighted by atomic mass is 9.94. The molecule has 1 amide bonds. The molecule has 0 radical (unpaired) electrons. The van der Waals surface area contributed by atoms with E-state index in [2.05, 4.69) is 0 Å². The molecule has 5 aromatic carbocycles. The van der Waals surface area contributed by atoms with Crippen LogP contribution in [0.3, 0.4) is 0 Å². The highest BCUT2D eigenvalue weighted by atomic mass is 19.1. The van der Waals surface area contributed by atoms with Crippen LogP contribution < -0.4 is 14.2 Å². The first kappa shape index (κ1) is 34.6. The normalized spacial score (nSPS) is 11.9. The number of benzene rings is 5. The van der Waals surface area contributed by atoms with Crippen LogP contribution in [0.1, 0.15) is 61.6 Å². The number of hydrogen-bond donors (Lipinski definition) is 1. The van der Waals surface area contributed by atoms with Gasteiger partial charge >= 0.3 is 5.97 Å². The minimum atomic E-state index is -1.13. The third-order valence-electron chi connectivity index (χ3n) is 8.74. The van der Waals surface area contributed by atoms with Crippen LogP contribution in [0, 0.1) is 5.82 Å². The van der Waals surface area contributed by atoms with E-state index >= 15 is 0 Å². The van der Waals surface area contributed by atoms with Gasteiger partial charge in [0, 0.05) is 36.3 Å². The summed E-state index contributed by atoms with van der Waals surface area (Å²) in [7, 11) is 3.27.